The molecule has 0 amide bonds. The highest BCUT2D eigenvalue weighted by molar-refractivity contribution is 7.82. The van der Waals surface area contributed by atoms with E-state index in [-0.39, 0.29) is 12.8 Å². The van der Waals surface area contributed by atoms with Crippen molar-refractivity contribution in [1.82, 2.24) is 0 Å². The second kappa shape index (κ2) is 59.8. The van der Waals surface area contributed by atoms with Crippen LogP contribution in [0.5, 0.6) is 0 Å². The van der Waals surface area contributed by atoms with E-state index in [4.69, 9.17) is 0 Å². The zero-order valence-corrected chi connectivity index (χ0v) is 49.1. The van der Waals surface area contributed by atoms with Crippen LogP contribution >= 0.6 is 0 Å². The van der Waals surface area contributed by atoms with Gasteiger partial charge < -0.3 is 8.37 Å². The smallest absolute Gasteiger partial charge is 0.316 e. The molecule has 0 saturated carbocycles. The molecule has 71 heavy (non-hydrogen) atoms. The summed E-state index contributed by atoms with van der Waals surface area (Å²) in [6.07, 6.45) is 77.6. The third-order valence-electron chi connectivity index (χ3n) is 15.4. The van der Waals surface area contributed by atoms with Crippen molar-refractivity contribution in [3.05, 3.63) is 0 Å². The fourth-order valence-electron chi connectivity index (χ4n) is 10.6. The van der Waals surface area contributed by atoms with Crippen molar-refractivity contribution >= 4 is 22.3 Å². The standard InChI is InChI=1S/C64H126O6S/c1-3-5-7-9-11-13-15-17-19-21-23-25-27-29-31-33-35-37-39-41-43-45-47-49-51-53-55-57-59-61-63(65)69-71(67,68)70-64(66)62-60-58-56-54-52-50-48-46-44-42-40-38-36-34-32-30-28-26-24-22-20-18-16-14-12-10-8-6-4-2/h3-62H2,1-2H3. The molecule has 0 atom stereocenters. The summed E-state index contributed by atoms with van der Waals surface area (Å²) in [4.78, 5) is 24.2. The molecule has 0 aliphatic heterocycles. The van der Waals surface area contributed by atoms with Gasteiger partial charge in [0, 0.05) is 12.8 Å². The van der Waals surface area contributed by atoms with Gasteiger partial charge >= 0.3 is 22.3 Å². The molecule has 0 N–H and O–H groups in total. The monoisotopic (exact) mass is 1020 g/mol. The topological polar surface area (TPSA) is 86.7 Å². The van der Waals surface area contributed by atoms with E-state index in [1.165, 1.54) is 321 Å². The number of unbranched alkanes of at least 4 members (excludes halogenated alkanes) is 56. The first-order chi connectivity index (χ1) is 34.9. The second-order valence-corrected chi connectivity index (χ2v) is 23.8. The Kier molecular flexibility index (Phi) is 58.8. The molecule has 0 heterocycles. The molecule has 0 aromatic rings. The summed E-state index contributed by atoms with van der Waals surface area (Å²) in [5.41, 5.74) is 0. The van der Waals surface area contributed by atoms with Crippen LogP contribution in [0.4, 0.5) is 0 Å². The van der Waals surface area contributed by atoms with Gasteiger partial charge in [-0.1, -0.05) is 373 Å². The van der Waals surface area contributed by atoms with E-state index in [9.17, 15) is 18.0 Å². The van der Waals surface area contributed by atoms with E-state index >= 15 is 0 Å². The van der Waals surface area contributed by atoms with Crippen LogP contribution in [0.2, 0.25) is 0 Å². The van der Waals surface area contributed by atoms with Gasteiger partial charge in [-0.15, -0.1) is 8.42 Å². The number of hydrogen-bond donors (Lipinski definition) is 0. The number of carbonyl (C=O) groups excluding carboxylic acids is 2. The fraction of sp³-hybridized carbons (Fsp3) is 0.969. The zero-order valence-electron chi connectivity index (χ0n) is 48.3. The third-order valence-corrected chi connectivity index (χ3v) is 16.1. The van der Waals surface area contributed by atoms with Crippen molar-refractivity contribution in [3.8, 4) is 0 Å². The normalized spacial score (nSPS) is 11.7. The summed E-state index contributed by atoms with van der Waals surface area (Å²) >= 11 is 0. The minimum Gasteiger partial charge on any atom is -0.316 e. The molecule has 0 unspecified atom stereocenters. The minimum absolute atomic E-state index is 0.0237. The lowest BCUT2D eigenvalue weighted by molar-refractivity contribution is -0.138. The van der Waals surface area contributed by atoms with Crippen LogP contribution in [0, 0.1) is 0 Å². The van der Waals surface area contributed by atoms with Crippen molar-refractivity contribution in [1.29, 1.82) is 0 Å². The second-order valence-electron chi connectivity index (χ2n) is 22.6. The molecule has 0 aliphatic rings. The van der Waals surface area contributed by atoms with Crippen LogP contribution in [0.1, 0.15) is 399 Å². The van der Waals surface area contributed by atoms with Gasteiger partial charge in [0.1, 0.15) is 0 Å². The number of carbonyl (C=O) groups is 2. The van der Waals surface area contributed by atoms with E-state index in [0.29, 0.717) is 12.8 Å². The molecule has 0 saturated heterocycles. The molecule has 424 valence electrons. The lowest BCUT2D eigenvalue weighted by Gasteiger charge is -2.06. The Morgan fingerprint density at radius 1 is 0.211 bits per heavy atom. The molecule has 0 aliphatic carbocycles. The van der Waals surface area contributed by atoms with E-state index in [1.807, 2.05) is 0 Å². The average Bonchev–Trinajstić information content (AvgIpc) is 3.35. The summed E-state index contributed by atoms with van der Waals surface area (Å²) in [6.45, 7) is 4.59. The van der Waals surface area contributed by atoms with Gasteiger partial charge in [-0.05, 0) is 12.8 Å². The van der Waals surface area contributed by atoms with E-state index in [0.717, 1.165) is 38.5 Å². The Bertz CT molecular complexity index is 1070. The molecule has 7 heteroatoms. The van der Waals surface area contributed by atoms with Crippen LogP contribution in [-0.4, -0.2) is 20.4 Å². The summed E-state index contributed by atoms with van der Waals surface area (Å²) in [5.74, 6) is -1.69. The molecule has 0 bridgehead atoms. The molecular weight excluding hydrogens is 897 g/mol. The third kappa shape index (κ3) is 61.3. The summed E-state index contributed by atoms with van der Waals surface area (Å²) in [6, 6.07) is 0. The van der Waals surface area contributed by atoms with Crippen molar-refractivity contribution in [3.63, 3.8) is 0 Å². The predicted octanol–water partition coefficient (Wildman–Crippen LogP) is 22.8. The molecular formula is C64H126O6S. The lowest BCUT2D eigenvalue weighted by atomic mass is 10.0. The zero-order chi connectivity index (χ0) is 51.5. The summed E-state index contributed by atoms with van der Waals surface area (Å²) < 4.78 is 33.2. The Morgan fingerprint density at radius 2 is 0.324 bits per heavy atom. The van der Waals surface area contributed by atoms with Crippen LogP contribution in [0.15, 0.2) is 0 Å². The first kappa shape index (κ1) is 69.9. The molecule has 0 rings (SSSR count). The summed E-state index contributed by atoms with van der Waals surface area (Å²) in [7, 11) is -4.64. The highest BCUT2D eigenvalue weighted by atomic mass is 32.3. The van der Waals surface area contributed by atoms with Gasteiger partial charge in [-0.3, -0.25) is 9.59 Å². The molecule has 6 nitrogen and oxygen atoms in total. The van der Waals surface area contributed by atoms with Crippen LogP contribution in [0.25, 0.3) is 0 Å². The maximum absolute atomic E-state index is 12.1. The Balaban J connectivity index is 3.37. The molecule has 0 aromatic carbocycles. The number of rotatable bonds is 62. The molecule has 0 fully saturated rings. The maximum Gasteiger partial charge on any atom is 0.506 e. The first-order valence-electron chi connectivity index (χ1n) is 32.6. The van der Waals surface area contributed by atoms with Crippen LogP contribution in [-0.2, 0) is 28.4 Å². The fourth-order valence-corrected chi connectivity index (χ4v) is 11.2. The van der Waals surface area contributed by atoms with Gasteiger partial charge in [0.25, 0.3) is 0 Å². The average molecular weight is 1020 g/mol. The van der Waals surface area contributed by atoms with E-state index in [1.54, 1.807) is 0 Å². The SMILES string of the molecule is CCCCCCCCCCCCCCCCCCCCCCCCCCCCCCCC(=O)OS(=O)(=O)OC(=O)CCCCCCCCCCCCCCCCCCCCCCCCCCCCCCC. The highest BCUT2D eigenvalue weighted by Crippen LogP contribution is 2.20. The van der Waals surface area contributed by atoms with Gasteiger partial charge in [0.05, 0.1) is 0 Å². The molecule has 0 aromatic heterocycles. The van der Waals surface area contributed by atoms with Gasteiger partial charge in [0.15, 0.2) is 0 Å². The van der Waals surface area contributed by atoms with Gasteiger partial charge in [-0.2, -0.15) is 0 Å². The first-order valence-corrected chi connectivity index (χ1v) is 33.9. The van der Waals surface area contributed by atoms with Crippen LogP contribution in [0.3, 0.4) is 0 Å². The van der Waals surface area contributed by atoms with Crippen molar-refractivity contribution < 1.29 is 26.4 Å². The van der Waals surface area contributed by atoms with Crippen molar-refractivity contribution in [2.45, 2.75) is 399 Å². The Hall–Kier alpha value is -1.11. The Morgan fingerprint density at radius 3 is 0.451 bits per heavy atom. The quantitative estimate of drug-likeness (QED) is 0.0564. The van der Waals surface area contributed by atoms with E-state index in [2.05, 4.69) is 22.2 Å². The minimum atomic E-state index is -4.64. The highest BCUT2D eigenvalue weighted by Gasteiger charge is 2.22. The van der Waals surface area contributed by atoms with Gasteiger partial charge in [-0.25, -0.2) is 0 Å². The molecule has 0 radical (unpaired) electrons. The predicted molar refractivity (Wildman–Crippen MR) is 309 cm³/mol. The van der Waals surface area contributed by atoms with Crippen molar-refractivity contribution in [2.24, 2.45) is 0 Å². The Labute approximate surface area is 445 Å². The summed E-state index contributed by atoms with van der Waals surface area (Å²) in [5, 5.41) is 0. The van der Waals surface area contributed by atoms with Gasteiger partial charge in [0.2, 0.25) is 0 Å². The van der Waals surface area contributed by atoms with Crippen molar-refractivity contribution in [2.75, 3.05) is 0 Å². The van der Waals surface area contributed by atoms with E-state index < -0.39 is 22.3 Å². The lowest BCUT2D eigenvalue weighted by Crippen LogP contribution is -2.19. The van der Waals surface area contributed by atoms with Crippen LogP contribution < -0.4 is 0 Å². The maximum atomic E-state index is 12.1. The molecule has 0 spiro atoms. The number of hydrogen-bond acceptors (Lipinski definition) is 6. The largest absolute Gasteiger partial charge is 0.506 e.